The summed E-state index contributed by atoms with van der Waals surface area (Å²) in [5.74, 6) is -0.0242. The Morgan fingerprint density at radius 3 is 2.32 bits per heavy atom. The van der Waals surface area contributed by atoms with Gasteiger partial charge in [-0.25, -0.2) is 8.42 Å². The van der Waals surface area contributed by atoms with Crippen molar-refractivity contribution in [2.75, 3.05) is 19.8 Å². The van der Waals surface area contributed by atoms with Crippen LogP contribution in [-0.2, 0) is 19.6 Å². The molecule has 1 rings (SSSR count). The average Bonchev–Trinajstić information content (AvgIpc) is 2.38. The van der Waals surface area contributed by atoms with Crippen LogP contribution in [0.2, 0.25) is 0 Å². The predicted molar refractivity (Wildman–Crippen MR) is 69.4 cm³/mol. The molecule has 0 aliphatic rings. The lowest BCUT2D eigenvalue weighted by Gasteiger charge is -2.07. The highest BCUT2D eigenvalue weighted by Gasteiger charge is 2.15. The standard InChI is InChI=1S/C12H17NO5S/c1-3-17-10-5-7-11(8-6-10)19(15,16)13-9-12(14)18-4-2/h5-8,13H,3-4,9H2,1-2H3. The largest absolute Gasteiger partial charge is 0.494 e. The number of nitrogens with one attached hydrogen (secondary N) is 1. The SMILES string of the molecule is CCOC(=O)CNS(=O)(=O)c1ccc(OCC)cc1. The summed E-state index contributed by atoms with van der Waals surface area (Å²) in [5.41, 5.74) is 0. The van der Waals surface area contributed by atoms with Gasteiger partial charge in [0.15, 0.2) is 0 Å². The second-order valence-corrected chi connectivity index (χ2v) is 5.30. The van der Waals surface area contributed by atoms with Crippen LogP contribution in [0.15, 0.2) is 29.2 Å². The first-order valence-corrected chi connectivity index (χ1v) is 7.36. The van der Waals surface area contributed by atoms with Crippen molar-refractivity contribution in [1.29, 1.82) is 0 Å². The van der Waals surface area contributed by atoms with E-state index >= 15 is 0 Å². The van der Waals surface area contributed by atoms with Gasteiger partial charge >= 0.3 is 5.97 Å². The van der Waals surface area contributed by atoms with Gasteiger partial charge in [-0.1, -0.05) is 0 Å². The topological polar surface area (TPSA) is 81.7 Å². The summed E-state index contributed by atoms with van der Waals surface area (Å²) >= 11 is 0. The molecular weight excluding hydrogens is 270 g/mol. The van der Waals surface area contributed by atoms with E-state index in [0.29, 0.717) is 12.4 Å². The molecule has 0 heterocycles. The molecule has 1 aromatic carbocycles. The van der Waals surface area contributed by atoms with Gasteiger partial charge in [0.1, 0.15) is 12.3 Å². The first kappa shape index (κ1) is 15.5. The van der Waals surface area contributed by atoms with Gasteiger partial charge in [-0.05, 0) is 38.1 Å². The number of hydrogen-bond donors (Lipinski definition) is 1. The van der Waals surface area contributed by atoms with Gasteiger partial charge in [-0.15, -0.1) is 0 Å². The Hall–Kier alpha value is -1.60. The highest BCUT2D eigenvalue weighted by atomic mass is 32.2. The van der Waals surface area contributed by atoms with Gasteiger partial charge in [0, 0.05) is 0 Å². The number of esters is 1. The van der Waals surface area contributed by atoms with Gasteiger partial charge in [0.2, 0.25) is 10.0 Å². The maximum Gasteiger partial charge on any atom is 0.321 e. The summed E-state index contributed by atoms with van der Waals surface area (Å²) in [4.78, 5) is 11.2. The minimum Gasteiger partial charge on any atom is -0.494 e. The lowest BCUT2D eigenvalue weighted by molar-refractivity contribution is -0.141. The minimum atomic E-state index is -3.71. The van der Waals surface area contributed by atoms with Gasteiger partial charge in [-0.3, -0.25) is 4.79 Å². The summed E-state index contributed by atoms with van der Waals surface area (Å²) in [5, 5.41) is 0. The van der Waals surface area contributed by atoms with Crippen molar-refractivity contribution < 1.29 is 22.7 Å². The molecule has 0 aliphatic carbocycles. The van der Waals surface area contributed by atoms with Crippen LogP contribution in [-0.4, -0.2) is 34.1 Å². The van der Waals surface area contributed by atoms with E-state index in [9.17, 15) is 13.2 Å². The van der Waals surface area contributed by atoms with Crippen LogP contribution in [0.3, 0.4) is 0 Å². The van der Waals surface area contributed by atoms with Crippen LogP contribution in [0.4, 0.5) is 0 Å². The molecule has 7 heteroatoms. The second-order valence-electron chi connectivity index (χ2n) is 3.53. The molecule has 0 unspecified atom stereocenters. The number of carbonyl (C=O) groups is 1. The summed E-state index contributed by atoms with van der Waals surface area (Å²) < 4.78 is 35.7. The van der Waals surface area contributed by atoms with E-state index in [1.807, 2.05) is 6.92 Å². The third-order valence-corrected chi connectivity index (χ3v) is 3.57. The Kier molecular flexibility index (Phi) is 5.78. The van der Waals surface area contributed by atoms with E-state index in [1.54, 1.807) is 19.1 Å². The van der Waals surface area contributed by atoms with Crippen molar-refractivity contribution in [3.8, 4) is 5.75 Å². The van der Waals surface area contributed by atoms with Gasteiger partial charge < -0.3 is 9.47 Å². The zero-order valence-electron chi connectivity index (χ0n) is 10.9. The summed E-state index contributed by atoms with van der Waals surface area (Å²) in [6.07, 6.45) is 0. The fourth-order valence-electron chi connectivity index (χ4n) is 1.33. The van der Waals surface area contributed by atoms with E-state index < -0.39 is 16.0 Å². The molecule has 1 aromatic rings. The zero-order valence-corrected chi connectivity index (χ0v) is 11.7. The van der Waals surface area contributed by atoms with E-state index in [0.717, 1.165) is 0 Å². The molecule has 106 valence electrons. The molecular formula is C12H17NO5S. The van der Waals surface area contributed by atoms with Crippen molar-refractivity contribution in [1.82, 2.24) is 4.72 Å². The zero-order chi connectivity index (χ0) is 14.3. The third-order valence-electron chi connectivity index (χ3n) is 2.16. The molecule has 1 N–H and O–H groups in total. The average molecular weight is 287 g/mol. The molecule has 19 heavy (non-hydrogen) atoms. The van der Waals surface area contributed by atoms with Crippen molar-refractivity contribution in [3.63, 3.8) is 0 Å². The highest BCUT2D eigenvalue weighted by molar-refractivity contribution is 7.89. The van der Waals surface area contributed by atoms with Crippen LogP contribution in [0.1, 0.15) is 13.8 Å². The lowest BCUT2D eigenvalue weighted by Crippen LogP contribution is -2.30. The molecule has 0 spiro atoms. The maximum atomic E-state index is 11.9. The highest BCUT2D eigenvalue weighted by Crippen LogP contribution is 2.15. The second kappa shape index (κ2) is 7.10. The monoisotopic (exact) mass is 287 g/mol. The maximum absolute atomic E-state index is 11.9. The molecule has 0 fully saturated rings. The number of sulfonamides is 1. The van der Waals surface area contributed by atoms with Crippen LogP contribution in [0, 0.1) is 0 Å². The lowest BCUT2D eigenvalue weighted by atomic mass is 10.3. The summed E-state index contributed by atoms with van der Waals surface area (Å²) in [6, 6.07) is 5.95. The number of benzene rings is 1. The van der Waals surface area contributed by atoms with Crippen LogP contribution >= 0.6 is 0 Å². The van der Waals surface area contributed by atoms with Crippen LogP contribution in [0.5, 0.6) is 5.75 Å². The van der Waals surface area contributed by atoms with Crippen LogP contribution < -0.4 is 9.46 Å². The van der Waals surface area contributed by atoms with Crippen molar-refractivity contribution >= 4 is 16.0 Å². The number of rotatable bonds is 7. The number of carbonyl (C=O) groups excluding carboxylic acids is 1. The number of ether oxygens (including phenoxy) is 2. The predicted octanol–water partition coefficient (Wildman–Crippen LogP) is 0.927. The molecule has 6 nitrogen and oxygen atoms in total. The first-order chi connectivity index (χ1) is 8.99. The molecule has 0 amide bonds. The van der Waals surface area contributed by atoms with E-state index in [4.69, 9.17) is 4.74 Å². The minimum absolute atomic E-state index is 0.0697. The smallest absolute Gasteiger partial charge is 0.321 e. The normalized spacial score (nSPS) is 11.1. The van der Waals surface area contributed by atoms with Gasteiger partial charge in [0.05, 0.1) is 18.1 Å². The number of hydrogen-bond acceptors (Lipinski definition) is 5. The van der Waals surface area contributed by atoms with Crippen LogP contribution in [0.25, 0.3) is 0 Å². The summed E-state index contributed by atoms with van der Waals surface area (Å²) in [7, 11) is -3.71. The molecule has 0 bridgehead atoms. The molecule has 0 aliphatic heterocycles. The van der Waals surface area contributed by atoms with Gasteiger partial charge in [-0.2, -0.15) is 4.72 Å². The molecule has 0 aromatic heterocycles. The van der Waals surface area contributed by atoms with E-state index in [1.165, 1.54) is 12.1 Å². The Bertz CT molecular complexity index is 509. The van der Waals surface area contributed by atoms with Crippen molar-refractivity contribution in [3.05, 3.63) is 24.3 Å². The molecule has 0 saturated carbocycles. The third kappa shape index (κ3) is 4.88. The Balaban J connectivity index is 2.69. The molecule has 0 radical (unpaired) electrons. The van der Waals surface area contributed by atoms with Gasteiger partial charge in [0.25, 0.3) is 0 Å². The Morgan fingerprint density at radius 1 is 1.16 bits per heavy atom. The fraction of sp³-hybridized carbons (Fsp3) is 0.417. The van der Waals surface area contributed by atoms with Crippen molar-refractivity contribution in [2.24, 2.45) is 0 Å². The summed E-state index contributed by atoms with van der Waals surface area (Å²) in [6.45, 7) is 3.82. The Labute approximate surface area is 112 Å². The van der Waals surface area contributed by atoms with E-state index in [-0.39, 0.29) is 18.0 Å². The first-order valence-electron chi connectivity index (χ1n) is 5.87. The van der Waals surface area contributed by atoms with Crippen molar-refractivity contribution in [2.45, 2.75) is 18.7 Å². The Morgan fingerprint density at radius 2 is 1.79 bits per heavy atom. The molecule has 0 saturated heterocycles. The van der Waals surface area contributed by atoms with E-state index in [2.05, 4.69) is 9.46 Å². The fourth-order valence-corrected chi connectivity index (χ4v) is 2.30. The quantitative estimate of drug-likeness (QED) is 0.754. The molecule has 0 atom stereocenters.